The van der Waals surface area contributed by atoms with E-state index in [0.717, 1.165) is 0 Å². The Labute approximate surface area is 130 Å². The van der Waals surface area contributed by atoms with Crippen LogP contribution in [0.2, 0.25) is 10.0 Å². The summed E-state index contributed by atoms with van der Waals surface area (Å²) in [6.07, 6.45) is -2.95. The van der Waals surface area contributed by atoms with Gasteiger partial charge in [-0.25, -0.2) is 0 Å². The van der Waals surface area contributed by atoms with Gasteiger partial charge < -0.3 is 10.4 Å². The van der Waals surface area contributed by atoms with Crippen molar-refractivity contribution in [2.45, 2.75) is 25.1 Å². The zero-order valence-electron chi connectivity index (χ0n) is 11.1. The van der Waals surface area contributed by atoms with Gasteiger partial charge >= 0.3 is 6.18 Å². The molecule has 2 N–H and O–H groups in total. The smallest absolute Gasteiger partial charge is 0.401 e. The average molecular weight is 343 g/mol. The molecule has 0 aliphatic carbocycles. The molecule has 0 saturated carbocycles. The van der Waals surface area contributed by atoms with Crippen molar-refractivity contribution in [3.8, 4) is 5.75 Å². The predicted octanol–water partition coefficient (Wildman–Crippen LogP) is 4.14. The number of nitrogens with zero attached hydrogens (tertiary/aromatic N) is 1. The van der Waals surface area contributed by atoms with Crippen LogP contribution in [0.15, 0.2) is 12.1 Å². The largest absolute Gasteiger partial charge is 0.505 e. The predicted molar refractivity (Wildman–Crippen MR) is 77.3 cm³/mol. The molecule has 1 aromatic rings. The number of rotatable bonds is 3. The summed E-state index contributed by atoms with van der Waals surface area (Å²) in [6, 6.07) is 3.15. The molecule has 2 rings (SSSR count). The van der Waals surface area contributed by atoms with E-state index in [-0.39, 0.29) is 21.8 Å². The minimum absolute atomic E-state index is 0.0613. The van der Waals surface area contributed by atoms with Crippen LogP contribution in [-0.4, -0.2) is 41.9 Å². The van der Waals surface area contributed by atoms with E-state index < -0.39 is 12.7 Å². The summed E-state index contributed by atoms with van der Waals surface area (Å²) >= 11 is 11.6. The lowest BCUT2D eigenvalue weighted by molar-refractivity contribution is -0.147. The maximum Gasteiger partial charge on any atom is 0.401 e. The highest BCUT2D eigenvalue weighted by molar-refractivity contribution is 6.37. The highest BCUT2D eigenvalue weighted by Gasteiger charge is 2.32. The van der Waals surface area contributed by atoms with E-state index in [4.69, 9.17) is 23.2 Å². The standard InChI is InChI=1S/C13H15Cl2F3N2O/c14-10-5-9(6-11(15)12(10)21)19-8-1-3-20(4-2-8)7-13(16,17)18/h5-6,8,19,21H,1-4,7H2. The summed E-state index contributed by atoms with van der Waals surface area (Å²) < 4.78 is 36.9. The van der Waals surface area contributed by atoms with E-state index in [2.05, 4.69) is 5.32 Å². The molecule has 21 heavy (non-hydrogen) atoms. The highest BCUT2D eigenvalue weighted by Crippen LogP contribution is 2.35. The maximum absolute atomic E-state index is 12.3. The Morgan fingerprint density at radius 3 is 2.19 bits per heavy atom. The second-order valence-electron chi connectivity index (χ2n) is 5.10. The Hall–Kier alpha value is -0.850. The van der Waals surface area contributed by atoms with Crippen molar-refractivity contribution in [2.24, 2.45) is 0 Å². The summed E-state index contributed by atoms with van der Waals surface area (Å²) in [5.41, 5.74) is 0.650. The maximum atomic E-state index is 12.3. The Morgan fingerprint density at radius 2 is 1.71 bits per heavy atom. The van der Waals surface area contributed by atoms with Gasteiger partial charge in [0.2, 0.25) is 0 Å². The molecule has 8 heteroatoms. The van der Waals surface area contributed by atoms with Crippen LogP contribution in [0.25, 0.3) is 0 Å². The molecule has 1 aliphatic heterocycles. The van der Waals surface area contributed by atoms with Gasteiger partial charge in [-0.2, -0.15) is 13.2 Å². The molecule has 1 aliphatic rings. The van der Waals surface area contributed by atoms with Crippen molar-refractivity contribution in [1.82, 2.24) is 4.90 Å². The first kappa shape index (κ1) is 16.5. The number of piperidine rings is 1. The Kier molecular flexibility index (Phi) is 5.11. The third-order valence-corrected chi connectivity index (χ3v) is 3.95. The van der Waals surface area contributed by atoms with Crippen molar-refractivity contribution >= 4 is 28.9 Å². The van der Waals surface area contributed by atoms with E-state index >= 15 is 0 Å². The molecule has 0 atom stereocenters. The first-order valence-corrected chi connectivity index (χ1v) is 7.24. The molecule has 1 saturated heterocycles. The number of aromatic hydroxyl groups is 1. The third kappa shape index (κ3) is 4.83. The molecule has 0 unspecified atom stereocenters. The van der Waals surface area contributed by atoms with Crippen molar-refractivity contribution < 1.29 is 18.3 Å². The first-order chi connectivity index (χ1) is 9.74. The molecule has 118 valence electrons. The second kappa shape index (κ2) is 6.50. The van der Waals surface area contributed by atoms with Crippen LogP contribution < -0.4 is 5.32 Å². The van der Waals surface area contributed by atoms with E-state index in [1.54, 1.807) is 12.1 Å². The highest BCUT2D eigenvalue weighted by atomic mass is 35.5. The number of phenols is 1. The molecule has 1 fully saturated rings. The van der Waals surface area contributed by atoms with Crippen LogP contribution in [0.4, 0.5) is 18.9 Å². The van der Waals surface area contributed by atoms with Gasteiger partial charge in [-0.3, -0.25) is 4.90 Å². The van der Waals surface area contributed by atoms with Gasteiger partial charge in [0.1, 0.15) is 0 Å². The fraction of sp³-hybridized carbons (Fsp3) is 0.538. The number of benzene rings is 1. The van der Waals surface area contributed by atoms with Crippen molar-refractivity contribution in [2.75, 3.05) is 25.0 Å². The topological polar surface area (TPSA) is 35.5 Å². The molecule has 3 nitrogen and oxygen atoms in total. The Morgan fingerprint density at radius 1 is 1.19 bits per heavy atom. The molecular weight excluding hydrogens is 328 g/mol. The van der Waals surface area contributed by atoms with Crippen molar-refractivity contribution in [1.29, 1.82) is 0 Å². The summed E-state index contributed by atoms with van der Waals surface area (Å²) in [6.45, 7) is -0.0932. The first-order valence-electron chi connectivity index (χ1n) is 6.48. The minimum atomic E-state index is -4.15. The number of hydrogen-bond donors (Lipinski definition) is 2. The quantitative estimate of drug-likeness (QED) is 0.810. The lowest BCUT2D eigenvalue weighted by Gasteiger charge is -2.33. The number of likely N-dealkylation sites (tertiary alicyclic amines) is 1. The molecule has 0 aromatic heterocycles. The lowest BCUT2D eigenvalue weighted by atomic mass is 10.0. The van der Waals surface area contributed by atoms with Crippen molar-refractivity contribution in [3.05, 3.63) is 22.2 Å². The van der Waals surface area contributed by atoms with Gasteiger partial charge in [0, 0.05) is 24.8 Å². The van der Waals surface area contributed by atoms with Crippen LogP contribution in [-0.2, 0) is 0 Å². The van der Waals surface area contributed by atoms with Crippen LogP contribution in [0.3, 0.4) is 0 Å². The zero-order valence-corrected chi connectivity index (χ0v) is 12.6. The number of phenolic OH excluding ortho intramolecular Hbond substituents is 1. The fourth-order valence-electron chi connectivity index (χ4n) is 2.37. The SMILES string of the molecule is Oc1c(Cl)cc(NC2CCN(CC(F)(F)F)CC2)cc1Cl. The number of anilines is 1. The van der Waals surface area contributed by atoms with Gasteiger partial charge in [-0.15, -0.1) is 0 Å². The minimum Gasteiger partial charge on any atom is -0.505 e. The molecule has 0 bridgehead atoms. The molecule has 0 spiro atoms. The number of halogens is 5. The third-order valence-electron chi connectivity index (χ3n) is 3.38. The van der Waals surface area contributed by atoms with Crippen LogP contribution in [0.5, 0.6) is 5.75 Å². The monoisotopic (exact) mass is 342 g/mol. The van der Waals surface area contributed by atoms with E-state index in [9.17, 15) is 18.3 Å². The summed E-state index contributed by atoms with van der Waals surface area (Å²) in [4.78, 5) is 1.40. The van der Waals surface area contributed by atoms with Gasteiger partial charge in [0.25, 0.3) is 0 Å². The zero-order chi connectivity index (χ0) is 15.6. The Bertz CT molecular complexity index is 480. The van der Waals surface area contributed by atoms with Crippen molar-refractivity contribution in [3.63, 3.8) is 0 Å². The molecule has 1 aromatic carbocycles. The number of alkyl halides is 3. The summed E-state index contributed by atoms with van der Waals surface area (Å²) in [7, 11) is 0. The molecule has 0 amide bonds. The molecule has 1 heterocycles. The number of nitrogens with one attached hydrogen (secondary N) is 1. The fourth-order valence-corrected chi connectivity index (χ4v) is 2.86. The van der Waals surface area contributed by atoms with Crippen LogP contribution in [0, 0.1) is 0 Å². The van der Waals surface area contributed by atoms with E-state index in [1.807, 2.05) is 0 Å². The Balaban J connectivity index is 1.89. The van der Waals surface area contributed by atoms with Gasteiger partial charge in [-0.05, 0) is 25.0 Å². The van der Waals surface area contributed by atoms with Gasteiger partial charge in [0.05, 0.1) is 16.6 Å². The summed E-state index contributed by atoms with van der Waals surface area (Å²) in [5.74, 6) is -0.177. The van der Waals surface area contributed by atoms with E-state index in [0.29, 0.717) is 31.6 Å². The average Bonchev–Trinajstić information content (AvgIpc) is 2.36. The summed E-state index contributed by atoms with van der Waals surface area (Å²) in [5, 5.41) is 12.9. The van der Waals surface area contributed by atoms with E-state index in [1.165, 1.54) is 4.90 Å². The number of hydrogen-bond acceptors (Lipinski definition) is 3. The van der Waals surface area contributed by atoms with Gasteiger partial charge in [-0.1, -0.05) is 23.2 Å². The second-order valence-corrected chi connectivity index (χ2v) is 5.91. The molecule has 0 radical (unpaired) electrons. The molecular formula is C13H15Cl2F3N2O. The van der Waals surface area contributed by atoms with Gasteiger partial charge in [0.15, 0.2) is 5.75 Å². The van der Waals surface area contributed by atoms with Crippen LogP contribution in [0.1, 0.15) is 12.8 Å². The van der Waals surface area contributed by atoms with Crippen LogP contribution >= 0.6 is 23.2 Å². The normalized spacial score (nSPS) is 18.0. The lowest BCUT2D eigenvalue weighted by Crippen LogP contribution is -2.43.